The number of esters is 1. The average molecular weight is 385 g/mol. The number of anilines is 1. The second-order valence-electron chi connectivity index (χ2n) is 4.96. The van der Waals surface area contributed by atoms with Gasteiger partial charge in [0.15, 0.2) is 12.4 Å². The molecule has 25 heavy (non-hydrogen) atoms. The Kier molecular flexibility index (Phi) is 6.44. The molecule has 2 rings (SSSR count). The summed E-state index contributed by atoms with van der Waals surface area (Å²) in [7, 11) is 0. The number of benzene rings is 1. The van der Waals surface area contributed by atoms with Gasteiger partial charge in [0, 0.05) is 5.69 Å². The smallest absolute Gasteiger partial charge is 0.328 e. The van der Waals surface area contributed by atoms with Crippen LogP contribution in [0.4, 0.5) is 5.69 Å². The van der Waals surface area contributed by atoms with Crippen LogP contribution < -0.4 is 10.6 Å². The third-order valence-electron chi connectivity index (χ3n) is 3.00. The van der Waals surface area contributed by atoms with E-state index in [1.165, 1.54) is 31.4 Å². The maximum absolute atomic E-state index is 11.8. The maximum atomic E-state index is 11.8. The lowest BCUT2D eigenvalue weighted by atomic mass is 10.3. The highest BCUT2D eigenvalue weighted by Gasteiger charge is 2.20. The van der Waals surface area contributed by atoms with Crippen molar-refractivity contribution in [3.63, 3.8) is 0 Å². The number of carbonyl (C=O) groups excluding carboxylic acids is 3. The number of furan rings is 1. The number of hydrogen-bond donors (Lipinski definition) is 2. The molecule has 2 amide bonds. The molecule has 7 nitrogen and oxygen atoms in total. The van der Waals surface area contributed by atoms with Gasteiger partial charge in [0.25, 0.3) is 11.8 Å². The Balaban J connectivity index is 1.79. The first-order valence-electron chi connectivity index (χ1n) is 7.12. The zero-order valence-electron chi connectivity index (χ0n) is 13.0. The standard InChI is InChI=1S/C16H14Cl2N2O5/c1-9(19-15(22)13-3-2-6-24-13)16(23)25-8-14(21)20-10-4-5-11(17)12(18)7-10/h2-7,9H,8H2,1H3,(H,19,22)(H,20,21)/t9-/m0/s1. The zero-order chi connectivity index (χ0) is 18.4. The zero-order valence-corrected chi connectivity index (χ0v) is 14.6. The van der Waals surface area contributed by atoms with Crippen molar-refractivity contribution in [2.75, 3.05) is 11.9 Å². The quantitative estimate of drug-likeness (QED) is 0.746. The van der Waals surface area contributed by atoms with Crippen molar-refractivity contribution in [3.05, 3.63) is 52.4 Å². The van der Waals surface area contributed by atoms with Crippen LogP contribution >= 0.6 is 23.2 Å². The fourth-order valence-electron chi connectivity index (χ4n) is 1.77. The minimum absolute atomic E-state index is 0.0667. The average Bonchev–Trinajstić information content (AvgIpc) is 3.10. The van der Waals surface area contributed by atoms with Crippen molar-refractivity contribution in [2.24, 2.45) is 0 Å². The summed E-state index contributed by atoms with van der Waals surface area (Å²) in [6, 6.07) is 6.60. The normalized spacial score (nSPS) is 11.5. The number of hydrogen-bond acceptors (Lipinski definition) is 5. The van der Waals surface area contributed by atoms with Gasteiger partial charge in [0.2, 0.25) is 0 Å². The molecule has 0 radical (unpaired) electrons. The second-order valence-corrected chi connectivity index (χ2v) is 5.77. The summed E-state index contributed by atoms with van der Waals surface area (Å²) in [5, 5.41) is 5.54. The van der Waals surface area contributed by atoms with Crippen LogP contribution in [0.2, 0.25) is 10.0 Å². The summed E-state index contributed by atoms with van der Waals surface area (Å²) in [5.41, 5.74) is 0.412. The van der Waals surface area contributed by atoms with Gasteiger partial charge in [0.1, 0.15) is 6.04 Å². The van der Waals surface area contributed by atoms with E-state index in [0.717, 1.165) is 0 Å². The van der Waals surface area contributed by atoms with Crippen molar-refractivity contribution < 1.29 is 23.5 Å². The molecule has 2 aromatic rings. The number of ether oxygens (including phenoxy) is 1. The first kappa shape index (κ1) is 18.8. The number of amides is 2. The lowest BCUT2D eigenvalue weighted by Crippen LogP contribution is -2.40. The van der Waals surface area contributed by atoms with Crippen LogP contribution in [0.5, 0.6) is 0 Å². The van der Waals surface area contributed by atoms with Crippen molar-refractivity contribution in [1.82, 2.24) is 5.32 Å². The molecule has 0 spiro atoms. The molecule has 0 saturated heterocycles. The SMILES string of the molecule is C[C@H](NC(=O)c1ccco1)C(=O)OCC(=O)Nc1ccc(Cl)c(Cl)c1. The predicted molar refractivity (Wildman–Crippen MR) is 91.7 cm³/mol. The molecule has 1 aromatic carbocycles. The van der Waals surface area contributed by atoms with Gasteiger partial charge < -0.3 is 19.8 Å². The van der Waals surface area contributed by atoms with Crippen LogP contribution in [0, 0.1) is 0 Å². The largest absolute Gasteiger partial charge is 0.459 e. The number of carbonyl (C=O) groups is 3. The van der Waals surface area contributed by atoms with E-state index in [4.69, 9.17) is 32.4 Å². The van der Waals surface area contributed by atoms with Gasteiger partial charge in [-0.2, -0.15) is 0 Å². The van der Waals surface area contributed by atoms with Crippen LogP contribution in [0.1, 0.15) is 17.5 Å². The third-order valence-corrected chi connectivity index (χ3v) is 3.73. The Morgan fingerprint density at radius 2 is 1.96 bits per heavy atom. The highest BCUT2D eigenvalue weighted by molar-refractivity contribution is 6.42. The Morgan fingerprint density at radius 1 is 1.20 bits per heavy atom. The summed E-state index contributed by atoms with van der Waals surface area (Å²) < 4.78 is 9.76. The van der Waals surface area contributed by atoms with E-state index in [9.17, 15) is 14.4 Å². The van der Waals surface area contributed by atoms with E-state index in [1.54, 1.807) is 12.1 Å². The molecule has 0 saturated carbocycles. The lowest BCUT2D eigenvalue weighted by Gasteiger charge is -2.12. The summed E-state index contributed by atoms with van der Waals surface area (Å²) >= 11 is 11.6. The Hall–Kier alpha value is -2.51. The van der Waals surface area contributed by atoms with Crippen molar-refractivity contribution in [1.29, 1.82) is 0 Å². The van der Waals surface area contributed by atoms with Gasteiger partial charge in [-0.15, -0.1) is 0 Å². The molecule has 132 valence electrons. The van der Waals surface area contributed by atoms with E-state index in [2.05, 4.69) is 10.6 Å². The fourth-order valence-corrected chi connectivity index (χ4v) is 2.07. The maximum Gasteiger partial charge on any atom is 0.328 e. The highest BCUT2D eigenvalue weighted by Crippen LogP contribution is 2.24. The van der Waals surface area contributed by atoms with Gasteiger partial charge in [-0.1, -0.05) is 23.2 Å². The molecular weight excluding hydrogens is 371 g/mol. The summed E-state index contributed by atoms with van der Waals surface area (Å²) in [6.07, 6.45) is 1.34. The molecule has 0 aliphatic heterocycles. The lowest BCUT2D eigenvalue weighted by molar-refractivity contribution is -0.148. The van der Waals surface area contributed by atoms with Gasteiger partial charge in [-0.25, -0.2) is 4.79 Å². The van der Waals surface area contributed by atoms with Gasteiger partial charge in [-0.05, 0) is 37.3 Å². The van der Waals surface area contributed by atoms with E-state index >= 15 is 0 Å². The van der Waals surface area contributed by atoms with Gasteiger partial charge in [0.05, 0.1) is 16.3 Å². The Labute approximate surface area is 153 Å². The molecule has 2 N–H and O–H groups in total. The highest BCUT2D eigenvalue weighted by atomic mass is 35.5. The van der Waals surface area contributed by atoms with Gasteiger partial charge >= 0.3 is 5.97 Å². The summed E-state index contributed by atoms with van der Waals surface area (Å²) in [4.78, 5) is 35.3. The Bertz CT molecular complexity index is 777. The number of rotatable bonds is 6. The molecule has 1 aromatic heterocycles. The topological polar surface area (TPSA) is 97.6 Å². The molecular formula is C16H14Cl2N2O5. The minimum Gasteiger partial charge on any atom is -0.459 e. The predicted octanol–water partition coefficient (Wildman–Crippen LogP) is 2.89. The van der Waals surface area contributed by atoms with E-state index in [0.29, 0.717) is 10.7 Å². The van der Waals surface area contributed by atoms with E-state index in [-0.39, 0.29) is 10.8 Å². The first-order valence-corrected chi connectivity index (χ1v) is 7.88. The van der Waals surface area contributed by atoms with Crippen molar-refractivity contribution in [2.45, 2.75) is 13.0 Å². The third kappa shape index (κ3) is 5.51. The number of halogens is 2. The van der Waals surface area contributed by atoms with Crippen LogP contribution in [-0.4, -0.2) is 30.4 Å². The molecule has 9 heteroatoms. The minimum atomic E-state index is -0.949. The molecule has 0 aliphatic rings. The second kappa shape index (κ2) is 8.55. The summed E-state index contributed by atoms with van der Waals surface area (Å²) in [5.74, 6) is -1.81. The van der Waals surface area contributed by atoms with Crippen LogP contribution in [0.3, 0.4) is 0 Å². The van der Waals surface area contributed by atoms with Crippen molar-refractivity contribution >= 4 is 46.7 Å². The molecule has 1 atom stereocenters. The molecule has 0 aliphatic carbocycles. The van der Waals surface area contributed by atoms with Gasteiger partial charge in [-0.3, -0.25) is 9.59 Å². The fraction of sp³-hybridized carbons (Fsp3) is 0.188. The molecule has 0 unspecified atom stereocenters. The van der Waals surface area contributed by atoms with E-state index in [1.807, 2.05) is 0 Å². The van der Waals surface area contributed by atoms with Crippen molar-refractivity contribution in [3.8, 4) is 0 Å². The molecule has 0 fully saturated rings. The van der Waals surface area contributed by atoms with Crippen LogP contribution in [0.25, 0.3) is 0 Å². The molecule has 1 heterocycles. The van der Waals surface area contributed by atoms with Crippen LogP contribution in [0.15, 0.2) is 41.0 Å². The van der Waals surface area contributed by atoms with E-state index < -0.39 is 30.4 Å². The first-order chi connectivity index (χ1) is 11.9. The summed E-state index contributed by atoms with van der Waals surface area (Å²) in [6.45, 7) is 0.917. The monoisotopic (exact) mass is 384 g/mol. The molecule has 0 bridgehead atoms. The Morgan fingerprint density at radius 3 is 2.60 bits per heavy atom. The number of nitrogens with one attached hydrogen (secondary N) is 2. The van der Waals surface area contributed by atoms with Crippen LogP contribution in [-0.2, 0) is 14.3 Å².